The van der Waals surface area contributed by atoms with Crippen LogP contribution >= 0.6 is 11.6 Å². The topological polar surface area (TPSA) is 35.6 Å². The summed E-state index contributed by atoms with van der Waals surface area (Å²) in [5, 5.41) is 2.59. The highest BCUT2D eigenvalue weighted by molar-refractivity contribution is 6.32. The Morgan fingerprint density at radius 2 is 1.95 bits per heavy atom. The van der Waals surface area contributed by atoms with Gasteiger partial charge in [-0.25, -0.2) is 5.01 Å². The van der Waals surface area contributed by atoms with Crippen LogP contribution in [0.3, 0.4) is 0 Å². The van der Waals surface area contributed by atoms with Crippen molar-refractivity contribution in [3.63, 3.8) is 0 Å². The molecule has 0 radical (unpaired) electrons. The lowest BCUT2D eigenvalue weighted by molar-refractivity contribution is -0.121. The van der Waals surface area contributed by atoms with Gasteiger partial charge in [0, 0.05) is 37.3 Å². The third kappa shape index (κ3) is 4.35. The van der Waals surface area contributed by atoms with E-state index in [1.165, 1.54) is 6.08 Å². The van der Waals surface area contributed by atoms with E-state index in [-0.39, 0.29) is 5.91 Å². The lowest BCUT2D eigenvalue weighted by Gasteiger charge is -2.31. The van der Waals surface area contributed by atoms with Crippen LogP contribution in [0.4, 0.5) is 0 Å². The molecule has 4 nitrogen and oxygen atoms in total. The quantitative estimate of drug-likeness (QED) is 0.855. The summed E-state index contributed by atoms with van der Waals surface area (Å²) in [6.45, 7) is 3.63. The van der Waals surface area contributed by atoms with Crippen LogP contribution in [-0.2, 0) is 4.79 Å². The highest BCUT2D eigenvalue weighted by Crippen LogP contribution is 2.15. The molecular weight excluding hydrogens is 262 g/mol. The van der Waals surface area contributed by atoms with E-state index in [1.54, 1.807) is 12.1 Å². The number of likely N-dealkylation sites (N-methyl/N-ethyl adjacent to an activating group) is 1. The fourth-order valence-electron chi connectivity index (χ4n) is 1.89. The minimum absolute atomic E-state index is 0.121. The number of nitrogens with zero attached hydrogens (tertiary/aromatic N) is 2. The van der Waals surface area contributed by atoms with Crippen molar-refractivity contribution in [3.8, 4) is 0 Å². The highest BCUT2D eigenvalue weighted by Gasteiger charge is 2.14. The zero-order chi connectivity index (χ0) is 13.7. The van der Waals surface area contributed by atoms with E-state index in [0.29, 0.717) is 5.02 Å². The first-order valence-corrected chi connectivity index (χ1v) is 6.69. The predicted molar refractivity (Wildman–Crippen MR) is 77.7 cm³/mol. The number of rotatable bonds is 3. The smallest absolute Gasteiger partial charge is 0.258 e. The largest absolute Gasteiger partial charge is 0.304 e. The van der Waals surface area contributed by atoms with Gasteiger partial charge in [-0.15, -0.1) is 0 Å². The molecule has 1 fully saturated rings. The monoisotopic (exact) mass is 279 g/mol. The average Bonchev–Trinajstić information content (AvgIpc) is 2.40. The third-order valence-electron chi connectivity index (χ3n) is 3.09. The molecule has 0 unspecified atom stereocenters. The Kier molecular flexibility index (Phi) is 4.96. The molecule has 102 valence electrons. The molecule has 0 saturated carbocycles. The number of hydrazine groups is 1. The minimum atomic E-state index is -0.121. The van der Waals surface area contributed by atoms with Crippen LogP contribution in [0, 0.1) is 0 Å². The Morgan fingerprint density at radius 1 is 1.26 bits per heavy atom. The van der Waals surface area contributed by atoms with Gasteiger partial charge >= 0.3 is 0 Å². The number of carbonyl (C=O) groups is 1. The highest BCUT2D eigenvalue weighted by atomic mass is 35.5. The van der Waals surface area contributed by atoms with E-state index < -0.39 is 0 Å². The van der Waals surface area contributed by atoms with Gasteiger partial charge in [0.05, 0.1) is 0 Å². The van der Waals surface area contributed by atoms with Gasteiger partial charge in [0.25, 0.3) is 5.91 Å². The van der Waals surface area contributed by atoms with Crippen molar-refractivity contribution in [2.24, 2.45) is 0 Å². The SMILES string of the molecule is CN1CCN(NC(=O)/C=C/c2ccccc2Cl)CC1. The molecule has 1 aromatic carbocycles. The summed E-state index contributed by atoms with van der Waals surface area (Å²) >= 11 is 6.02. The van der Waals surface area contributed by atoms with Crippen molar-refractivity contribution in [1.29, 1.82) is 0 Å². The second-order valence-electron chi connectivity index (χ2n) is 4.62. The molecule has 0 spiro atoms. The normalized spacial score (nSPS) is 17.8. The molecule has 5 heteroatoms. The zero-order valence-corrected chi connectivity index (χ0v) is 11.7. The van der Waals surface area contributed by atoms with Gasteiger partial charge < -0.3 is 4.90 Å². The first-order chi connectivity index (χ1) is 9.15. The van der Waals surface area contributed by atoms with Gasteiger partial charge in [-0.2, -0.15) is 0 Å². The Bertz CT molecular complexity index is 468. The number of benzene rings is 1. The zero-order valence-electron chi connectivity index (χ0n) is 11.0. The van der Waals surface area contributed by atoms with Crippen LogP contribution in [0.1, 0.15) is 5.56 Å². The number of nitrogens with one attached hydrogen (secondary N) is 1. The van der Waals surface area contributed by atoms with E-state index in [9.17, 15) is 4.79 Å². The Labute approximate surface area is 118 Å². The van der Waals surface area contributed by atoms with Crippen molar-refractivity contribution < 1.29 is 4.79 Å². The number of carbonyl (C=O) groups excluding carboxylic acids is 1. The van der Waals surface area contributed by atoms with Gasteiger partial charge in [0.15, 0.2) is 0 Å². The molecule has 1 heterocycles. The van der Waals surface area contributed by atoms with Crippen LogP contribution in [0.2, 0.25) is 5.02 Å². The van der Waals surface area contributed by atoms with Crippen molar-refractivity contribution in [1.82, 2.24) is 15.3 Å². The molecule has 1 aromatic rings. The summed E-state index contributed by atoms with van der Waals surface area (Å²) in [7, 11) is 2.08. The van der Waals surface area contributed by atoms with Crippen LogP contribution in [0.15, 0.2) is 30.3 Å². The number of hydrogen-bond acceptors (Lipinski definition) is 3. The molecule has 19 heavy (non-hydrogen) atoms. The van der Waals surface area contributed by atoms with E-state index in [1.807, 2.05) is 23.2 Å². The second kappa shape index (κ2) is 6.70. The lowest BCUT2D eigenvalue weighted by Crippen LogP contribution is -2.52. The molecule has 1 aliphatic rings. The minimum Gasteiger partial charge on any atom is -0.304 e. The average molecular weight is 280 g/mol. The van der Waals surface area contributed by atoms with Gasteiger partial charge in [-0.1, -0.05) is 29.8 Å². The van der Waals surface area contributed by atoms with Crippen molar-refractivity contribution >= 4 is 23.6 Å². The van der Waals surface area contributed by atoms with Gasteiger partial charge in [-0.05, 0) is 24.8 Å². The molecule has 1 amide bonds. The van der Waals surface area contributed by atoms with Gasteiger partial charge in [-0.3, -0.25) is 10.2 Å². The Morgan fingerprint density at radius 3 is 2.63 bits per heavy atom. The van der Waals surface area contributed by atoms with Gasteiger partial charge in [0.2, 0.25) is 0 Å². The Balaban J connectivity index is 1.86. The van der Waals surface area contributed by atoms with Crippen LogP contribution in [0.5, 0.6) is 0 Å². The summed E-state index contributed by atoms with van der Waals surface area (Å²) in [6, 6.07) is 7.44. The summed E-state index contributed by atoms with van der Waals surface area (Å²) < 4.78 is 0. The second-order valence-corrected chi connectivity index (χ2v) is 5.03. The summed E-state index contributed by atoms with van der Waals surface area (Å²) in [6.07, 6.45) is 3.24. The molecule has 0 aliphatic carbocycles. The van der Waals surface area contributed by atoms with E-state index >= 15 is 0 Å². The first kappa shape index (κ1) is 14.1. The molecule has 0 atom stereocenters. The predicted octanol–water partition coefficient (Wildman–Crippen LogP) is 1.63. The van der Waals surface area contributed by atoms with E-state index in [4.69, 9.17) is 11.6 Å². The molecule has 0 aromatic heterocycles. The summed E-state index contributed by atoms with van der Waals surface area (Å²) in [4.78, 5) is 14.0. The van der Waals surface area contributed by atoms with Crippen molar-refractivity contribution in [2.75, 3.05) is 33.2 Å². The Hall–Kier alpha value is -1.36. The van der Waals surface area contributed by atoms with Gasteiger partial charge in [0.1, 0.15) is 0 Å². The lowest BCUT2D eigenvalue weighted by atomic mass is 10.2. The van der Waals surface area contributed by atoms with Crippen LogP contribution < -0.4 is 5.43 Å². The maximum Gasteiger partial charge on any atom is 0.258 e. The van der Waals surface area contributed by atoms with Crippen LogP contribution in [0.25, 0.3) is 6.08 Å². The fraction of sp³-hybridized carbons (Fsp3) is 0.357. The standard InChI is InChI=1S/C14H18ClN3O/c1-17-8-10-18(11-9-17)16-14(19)7-6-12-4-2-3-5-13(12)15/h2-7H,8-11H2,1H3,(H,16,19)/b7-6+. The molecule has 1 N–H and O–H groups in total. The number of amides is 1. The molecule has 2 rings (SSSR count). The van der Waals surface area contributed by atoms with Crippen LogP contribution in [-0.4, -0.2) is 49.0 Å². The number of halogens is 1. The number of hydrogen-bond donors (Lipinski definition) is 1. The van der Waals surface area contributed by atoms with E-state index in [2.05, 4.69) is 17.4 Å². The molecular formula is C14H18ClN3O. The molecule has 1 saturated heterocycles. The summed E-state index contributed by atoms with van der Waals surface area (Å²) in [5.74, 6) is -0.121. The maximum absolute atomic E-state index is 11.8. The maximum atomic E-state index is 11.8. The summed E-state index contributed by atoms with van der Waals surface area (Å²) in [5.41, 5.74) is 3.71. The fourth-order valence-corrected chi connectivity index (χ4v) is 2.09. The van der Waals surface area contributed by atoms with E-state index in [0.717, 1.165) is 31.7 Å². The first-order valence-electron chi connectivity index (χ1n) is 6.32. The third-order valence-corrected chi connectivity index (χ3v) is 3.44. The van der Waals surface area contributed by atoms with Crippen molar-refractivity contribution in [2.45, 2.75) is 0 Å². The molecule has 1 aliphatic heterocycles. The molecule has 0 bridgehead atoms. The van der Waals surface area contributed by atoms with Crippen molar-refractivity contribution in [3.05, 3.63) is 40.9 Å². The number of piperazine rings is 1.